The molecule has 0 radical (unpaired) electrons. The number of aliphatic imine (C=N–C) groups is 1. The van der Waals surface area contributed by atoms with Crippen molar-refractivity contribution in [3.8, 4) is 11.4 Å². The van der Waals surface area contributed by atoms with E-state index < -0.39 is 0 Å². The average molecular weight is 421 g/mol. The Morgan fingerprint density at radius 3 is 2.76 bits per heavy atom. The summed E-state index contributed by atoms with van der Waals surface area (Å²) in [6.07, 6.45) is 0.303. The zero-order valence-corrected chi connectivity index (χ0v) is 17.4. The number of aromatic nitrogens is 2. The average Bonchev–Trinajstić information content (AvgIpc) is 3.21. The van der Waals surface area contributed by atoms with Crippen LogP contribution in [0.3, 0.4) is 0 Å². The molecule has 1 fully saturated rings. The molecule has 1 N–H and O–H groups in total. The van der Waals surface area contributed by atoms with E-state index >= 15 is 0 Å². The number of carbonyl (C=O) groups excluding carboxylic acids is 1. The van der Waals surface area contributed by atoms with Crippen LogP contribution in [-0.4, -0.2) is 78.4 Å². The molecule has 9 nitrogen and oxygen atoms in total. The summed E-state index contributed by atoms with van der Waals surface area (Å²) in [4.78, 5) is 24.4. The van der Waals surface area contributed by atoms with E-state index in [9.17, 15) is 4.79 Å². The number of rotatable bonds is 5. The third-order valence-corrected chi connectivity index (χ3v) is 4.73. The van der Waals surface area contributed by atoms with Crippen LogP contribution in [0.5, 0.6) is 0 Å². The number of halogens is 1. The molecule has 1 saturated heterocycles. The number of piperazine rings is 1. The van der Waals surface area contributed by atoms with Crippen molar-refractivity contribution >= 4 is 23.7 Å². The van der Waals surface area contributed by atoms with Gasteiger partial charge in [0, 0.05) is 56.8 Å². The van der Waals surface area contributed by atoms with Gasteiger partial charge in [0.2, 0.25) is 11.7 Å². The van der Waals surface area contributed by atoms with E-state index in [4.69, 9.17) is 20.9 Å². The quantitative estimate of drug-likeness (QED) is 0.585. The van der Waals surface area contributed by atoms with E-state index in [1.165, 1.54) is 0 Å². The highest BCUT2D eigenvalue weighted by molar-refractivity contribution is 6.30. The number of nitrogens with one attached hydrogen (secondary N) is 1. The molecule has 0 spiro atoms. The summed E-state index contributed by atoms with van der Waals surface area (Å²) in [6.45, 7) is 5.38. The van der Waals surface area contributed by atoms with Crippen molar-refractivity contribution in [3.05, 3.63) is 35.2 Å². The van der Waals surface area contributed by atoms with Gasteiger partial charge in [0.15, 0.2) is 5.96 Å². The van der Waals surface area contributed by atoms with Crippen LogP contribution in [0.2, 0.25) is 5.02 Å². The minimum atomic E-state index is -0.262. The Labute approximate surface area is 174 Å². The number of amides is 1. The Morgan fingerprint density at radius 1 is 1.31 bits per heavy atom. The second kappa shape index (κ2) is 10.1. The van der Waals surface area contributed by atoms with Crippen LogP contribution in [-0.2, 0) is 11.2 Å². The molecule has 1 aliphatic heterocycles. The highest BCUT2D eigenvalue weighted by atomic mass is 35.5. The van der Waals surface area contributed by atoms with Crippen molar-refractivity contribution in [2.75, 3.05) is 46.4 Å². The summed E-state index contributed by atoms with van der Waals surface area (Å²) < 4.78 is 10.4. The van der Waals surface area contributed by atoms with Gasteiger partial charge in [-0.1, -0.05) is 28.9 Å². The van der Waals surface area contributed by atoms with Crippen molar-refractivity contribution in [3.63, 3.8) is 0 Å². The lowest BCUT2D eigenvalue weighted by Gasteiger charge is -2.35. The minimum absolute atomic E-state index is 0.262. The fourth-order valence-electron chi connectivity index (χ4n) is 3.03. The summed E-state index contributed by atoms with van der Waals surface area (Å²) in [5.41, 5.74) is 0.815. The number of benzene rings is 1. The Balaban J connectivity index is 1.47. The van der Waals surface area contributed by atoms with Crippen LogP contribution < -0.4 is 5.32 Å². The Morgan fingerprint density at radius 2 is 2.07 bits per heavy atom. The molecule has 0 saturated carbocycles. The first kappa shape index (κ1) is 20.9. The topological polar surface area (TPSA) is 96.1 Å². The van der Waals surface area contributed by atoms with Crippen molar-refractivity contribution in [1.29, 1.82) is 0 Å². The molecule has 2 aromatic rings. The second-order valence-electron chi connectivity index (χ2n) is 6.42. The zero-order valence-electron chi connectivity index (χ0n) is 16.6. The van der Waals surface area contributed by atoms with E-state index in [2.05, 4.69) is 25.3 Å². The number of hydrogen-bond donors (Lipinski definition) is 1. The number of hydrogen-bond acceptors (Lipinski definition) is 6. The predicted octanol–water partition coefficient (Wildman–Crippen LogP) is 2.28. The molecule has 0 unspecified atom stereocenters. The zero-order chi connectivity index (χ0) is 20.6. The smallest absolute Gasteiger partial charge is 0.409 e. The van der Waals surface area contributed by atoms with Crippen molar-refractivity contribution in [1.82, 2.24) is 25.3 Å². The molecule has 156 valence electrons. The van der Waals surface area contributed by atoms with Gasteiger partial charge in [-0.2, -0.15) is 4.98 Å². The van der Waals surface area contributed by atoms with Crippen LogP contribution >= 0.6 is 11.6 Å². The maximum atomic E-state index is 11.8. The van der Waals surface area contributed by atoms with E-state index in [1.807, 2.05) is 12.1 Å². The normalized spacial score (nSPS) is 14.8. The van der Waals surface area contributed by atoms with Gasteiger partial charge in [-0.3, -0.25) is 4.99 Å². The van der Waals surface area contributed by atoms with Gasteiger partial charge < -0.3 is 24.4 Å². The second-order valence-corrected chi connectivity index (χ2v) is 6.86. The molecule has 1 amide bonds. The molecule has 10 heteroatoms. The van der Waals surface area contributed by atoms with Gasteiger partial charge in [0.05, 0.1) is 6.61 Å². The van der Waals surface area contributed by atoms with Crippen molar-refractivity contribution < 1.29 is 14.1 Å². The van der Waals surface area contributed by atoms with E-state index in [-0.39, 0.29) is 6.09 Å². The van der Waals surface area contributed by atoms with Gasteiger partial charge in [-0.25, -0.2) is 4.79 Å². The third-order valence-electron chi connectivity index (χ3n) is 4.49. The molecule has 3 rings (SSSR count). The van der Waals surface area contributed by atoms with Crippen LogP contribution in [0.25, 0.3) is 11.4 Å². The monoisotopic (exact) mass is 420 g/mol. The van der Waals surface area contributed by atoms with E-state index in [0.717, 1.165) is 11.5 Å². The fourth-order valence-corrected chi connectivity index (χ4v) is 3.22. The first-order chi connectivity index (χ1) is 14.1. The molecule has 1 aromatic carbocycles. The largest absolute Gasteiger partial charge is 0.450 e. The Bertz CT molecular complexity index is 848. The van der Waals surface area contributed by atoms with Crippen molar-refractivity contribution in [2.24, 2.45) is 4.99 Å². The number of nitrogens with zero attached hydrogens (tertiary/aromatic N) is 5. The molecule has 1 aliphatic rings. The maximum absolute atomic E-state index is 11.8. The summed E-state index contributed by atoms with van der Waals surface area (Å²) in [5.74, 6) is 1.83. The van der Waals surface area contributed by atoms with E-state index in [0.29, 0.717) is 62.5 Å². The molecular weight excluding hydrogens is 396 g/mol. The van der Waals surface area contributed by atoms with Crippen LogP contribution in [0.15, 0.2) is 33.8 Å². The van der Waals surface area contributed by atoms with Gasteiger partial charge in [-0.15, -0.1) is 0 Å². The van der Waals surface area contributed by atoms with Gasteiger partial charge in [-0.05, 0) is 19.1 Å². The third kappa shape index (κ3) is 5.60. The molecule has 0 bridgehead atoms. The Kier molecular flexibility index (Phi) is 7.29. The lowest BCUT2D eigenvalue weighted by Crippen LogP contribution is -2.54. The lowest BCUT2D eigenvalue weighted by atomic mass is 10.2. The van der Waals surface area contributed by atoms with Crippen LogP contribution in [0.4, 0.5) is 4.79 Å². The number of guanidine groups is 1. The predicted molar refractivity (Wildman–Crippen MR) is 110 cm³/mol. The highest BCUT2D eigenvalue weighted by Crippen LogP contribution is 2.19. The van der Waals surface area contributed by atoms with Gasteiger partial charge in [0.1, 0.15) is 0 Å². The summed E-state index contributed by atoms with van der Waals surface area (Å²) >= 11 is 6.01. The highest BCUT2D eigenvalue weighted by Gasteiger charge is 2.23. The maximum Gasteiger partial charge on any atom is 0.409 e. The van der Waals surface area contributed by atoms with E-state index in [1.54, 1.807) is 31.0 Å². The molecule has 2 heterocycles. The number of ether oxygens (including phenoxy) is 1. The molecule has 0 atom stereocenters. The first-order valence-corrected chi connectivity index (χ1v) is 9.94. The molecule has 1 aromatic heterocycles. The summed E-state index contributed by atoms with van der Waals surface area (Å²) in [7, 11) is 1.74. The minimum Gasteiger partial charge on any atom is -0.450 e. The summed E-state index contributed by atoms with van der Waals surface area (Å²) in [5, 5.41) is 7.95. The lowest BCUT2D eigenvalue weighted by molar-refractivity contribution is 0.0914. The molecule has 0 aliphatic carbocycles. The standard InChI is InChI=1S/C19H25ClN6O3/c1-3-28-19(27)26-11-9-25(10-12-26)18(21-2)22-8-7-16-23-17(24-29-16)14-5-4-6-15(20)13-14/h4-6,13H,3,7-12H2,1-2H3,(H,21,22). The first-order valence-electron chi connectivity index (χ1n) is 9.56. The molecule has 29 heavy (non-hydrogen) atoms. The Hall–Kier alpha value is -2.81. The van der Waals surface area contributed by atoms with Crippen molar-refractivity contribution in [2.45, 2.75) is 13.3 Å². The number of carbonyl (C=O) groups is 1. The SMILES string of the molecule is CCOC(=O)N1CCN(C(=NC)NCCc2nc(-c3cccc(Cl)c3)no2)CC1. The van der Waals surface area contributed by atoms with Crippen LogP contribution in [0, 0.1) is 0 Å². The fraction of sp³-hybridized carbons (Fsp3) is 0.474. The van der Waals surface area contributed by atoms with Crippen LogP contribution in [0.1, 0.15) is 12.8 Å². The summed E-state index contributed by atoms with van der Waals surface area (Å²) in [6, 6.07) is 7.33. The van der Waals surface area contributed by atoms with Gasteiger partial charge in [0.25, 0.3) is 0 Å². The molecular formula is C19H25ClN6O3. The van der Waals surface area contributed by atoms with Gasteiger partial charge >= 0.3 is 6.09 Å².